The van der Waals surface area contributed by atoms with Crippen molar-refractivity contribution >= 4 is 17.7 Å². The van der Waals surface area contributed by atoms with Gasteiger partial charge in [0.1, 0.15) is 12.4 Å². The van der Waals surface area contributed by atoms with Crippen LogP contribution in [0, 0.1) is 5.82 Å². The number of anilines is 1. The van der Waals surface area contributed by atoms with Gasteiger partial charge in [0.25, 0.3) is 0 Å². The van der Waals surface area contributed by atoms with Crippen molar-refractivity contribution in [1.29, 1.82) is 0 Å². The fourth-order valence-corrected chi connectivity index (χ4v) is 2.60. The normalized spacial score (nSPS) is 10.2. The standard InChI is InChI=1S/C22H18FNO4/c1-27-21(25)17-9-12-20(23)19(13-17)16-7-10-18(11-8-16)24-22(26)28-14-15-5-3-2-4-6-15/h2-13H,14H2,1H3,(H,24,26). The molecule has 0 spiro atoms. The molecule has 0 aliphatic carbocycles. The molecule has 0 atom stereocenters. The first-order valence-corrected chi connectivity index (χ1v) is 8.53. The molecule has 3 aromatic carbocycles. The van der Waals surface area contributed by atoms with Gasteiger partial charge in [-0.2, -0.15) is 0 Å². The molecule has 142 valence electrons. The average molecular weight is 379 g/mol. The summed E-state index contributed by atoms with van der Waals surface area (Å²) in [5.74, 6) is -1.00. The Morgan fingerprint density at radius 3 is 2.36 bits per heavy atom. The average Bonchev–Trinajstić information content (AvgIpc) is 2.73. The zero-order chi connectivity index (χ0) is 19.9. The van der Waals surface area contributed by atoms with Crippen LogP contribution < -0.4 is 5.32 Å². The fourth-order valence-electron chi connectivity index (χ4n) is 2.60. The highest BCUT2D eigenvalue weighted by atomic mass is 19.1. The van der Waals surface area contributed by atoms with Crippen LogP contribution in [0.15, 0.2) is 72.8 Å². The quantitative estimate of drug-likeness (QED) is 0.632. The van der Waals surface area contributed by atoms with E-state index in [-0.39, 0.29) is 17.7 Å². The molecule has 3 aromatic rings. The lowest BCUT2D eigenvalue weighted by molar-refractivity contribution is 0.0600. The summed E-state index contributed by atoms with van der Waals surface area (Å²) >= 11 is 0. The molecule has 0 saturated heterocycles. The highest BCUT2D eigenvalue weighted by Crippen LogP contribution is 2.26. The molecule has 0 radical (unpaired) electrons. The van der Waals surface area contributed by atoms with Crippen LogP contribution >= 0.6 is 0 Å². The van der Waals surface area contributed by atoms with Gasteiger partial charge in [-0.15, -0.1) is 0 Å². The summed E-state index contributed by atoms with van der Waals surface area (Å²) in [7, 11) is 1.27. The predicted octanol–water partition coefficient (Wildman–Crippen LogP) is 5.03. The van der Waals surface area contributed by atoms with Crippen molar-refractivity contribution in [3.63, 3.8) is 0 Å². The van der Waals surface area contributed by atoms with Gasteiger partial charge in [0.05, 0.1) is 12.7 Å². The van der Waals surface area contributed by atoms with Gasteiger partial charge in [-0.3, -0.25) is 5.32 Å². The molecule has 0 bridgehead atoms. The molecular weight excluding hydrogens is 361 g/mol. The highest BCUT2D eigenvalue weighted by Gasteiger charge is 2.12. The summed E-state index contributed by atoms with van der Waals surface area (Å²) in [5.41, 5.74) is 2.47. The molecule has 0 aromatic heterocycles. The van der Waals surface area contributed by atoms with Gasteiger partial charge < -0.3 is 9.47 Å². The minimum Gasteiger partial charge on any atom is -0.465 e. The Labute approximate surface area is 161 Å². The van der Waals surface area contributed by atoms with Crippen LogP contribution in [-0.2, 0) is 16.1 Å². The molecule has 0 heterocycles. The van der Waals surface area contributed by atoms with Crippen molar-refractivity contribution in [2.75, 3.05) is 12.4 Å². The maximum absolute atomic E-state index is 14.2. The smallest absolute Gasteiger partial charge is 0.411 e. The lowest BCUT2D eigenvalue weighted by atomic mass is 10.0. The topological polar surface area (TPSA) is 64.6 Å². The van der Waals surface area contributed by atoms with Crippen LogP contribution in [0.3, 0.4) is 0 Å². The van der Waals surface area contributed by atoms with Crippen LogP contribution in [0.5, 0.6) is 0 Å². The van der Waals surface area contributed by atoms with E-state index in [0.29, 0.717) is 11.3 Å². The van der Waals surface area contributed by atoms with Crippen LogP contribution in [0.1, 0.15) is 15.9 Å². The largest absolute Gasteiger partial charge is 0.465 e. The van der Waals surface area contributed by atoms with Crippen LogP contribution in [-0.4, -0.2) is 19.2 Å². The Bertz CT molecular complexity index is 972. The van der Waals surface area contributed by atoms with Gasteiger partial charge in [-0.25, -0.2) is 14.0 Å². The van der Waals surface area contributed by atoms with E-state index in [2.05, 4.69) is 10.1 Å². The molecule has 6 heteroatoms. The first-order valence-electron chi connectivity index (χ1n) is 8.53. The highest BCUT2D eigenvalue weighted by molar-refractivity contribution is 5.91. The number of nitrogens with one attached hydrogen (secondary N) is 1. The molecule has 1 N–H and O–H groups in total. The van der Waals surface area contributed by atoms with Crippen LogP contribution in [0.25, 0.3) is 11.1 Å². The first kappa shape index (κ1) is 19.1. The molecule has 0 saturated carbocycles. The van der Waals surface area contributed by atoms with Crippen LogP contribution in [0.4, 0.5) is 14.9 Å². The fraction of sp³-hybridized carbons (Fsp3) is 0.0909. The Kier molecular flexibility index (Phi) is 6.01. The third kappa shape index (κ3) is 4.73. The molecule has 0 aliphatic heterocycles. The summed E-state index contributed by atoms with van der Waals surface area (Å²) in [4.78, 5) is 23.5. The van der Waals surface area contributed by atoms with Crippen molar-refractivity contribution in [1.82, 2.24) is 0 Å². The number of methoxy groups -OCH3 is 1. The maximum atomic E-state index is 14.2. The Balaban J connectivity index is 1.66. The second kappa shape index (κ2) is 8.81. The number of esters is 1. The molecule has 0 fully saturated rings. The van der Waals surface area contributed by atoms with E-state index < -0.39 is 17.9 Å². The second-order valence-electron chi connectivity index (χ2n) is 5.95. The molecule has 1 amide bonds. The van der Waals surface area contributed by atoms with Gasteiger partial charge in [0.15, 0.2) is 0 Å². The summed E-state index contributed by atoms with van der Waals surface area (Å²) in [6.07, 6.45) is -0.588. The third-order valence-electron chi connectivity index (χ3n) is 4.04. The van der Waals surface area contributed by atoms with Crippen LogP contribution in [0.2, 0.25) is 0 Å². The number of rotatable bonds is 5. The minimum atomic E-state index is -0.588. The summed E-state index contributed by atoms with van der Waals surface area (Å²) in [5, 5.41) is 2.62. The summed E-state index contributed by atoms with van der Waals surface area (Å²) < 4.78 is 24.0. The predicted molar refractivity (Wildman–Crippen MR) is 103 cm³/mol. The summed E-state index contributed by atoms with van der Waals surface area (Å²) in [6, 6.07) is 19.9. The van der Waals surface area contributed by atoms with E-state index in [1.807, 2.05) is 30.3 Å². The van der Waals surface area contributed by atoms with Gasteiger partial charge >= 0.3 is 12.1 Å². The van der Waals surface area contributed by atoms with Crippen molar-refractivity contribution in [2.45, 2.75) is 6.61 Å². The zero-order valence-electron chi connectivity index (χ0n) is 15.1. The van der Waals surface area contributed by atoms with E-state index in [1.165, 1.54) is 25.3 Å². The number of ether oxygens (including phenoxy) is 2. The molecule has 0 unspecified atom stereocenters. The van der Waals surface area contributed by atoms with E-state index in [1.54, 1.807) is 24.3 Å². The lowest BCUT2D eigenvalue weighted by Crippen LogP contribution is -2.13. The SMILES string of the molecule is COC(=O)c1ccc(F)c(-c2ccc(NC(=O)OCc3ccccc3)cc2)c1. The maximum Gasteiger partial charge on any atom is 0.411 e. The van der Waals surface area contributed by atoms with Crippen molar-refractivity contribution < 1.29 is 23.5 Å². The Morgan fingerprint density at radius 2 is 1.68 bits per heavy atom. The second-order valence-corrected chi connectivity index (χ2v) is 5.95. The molecule has 3 rings (SSSR count). The van der Waals surface area contributed by atoms with Gasteiger partial charge in [0.2, 0.25) is 0 Å². The van der Waals surface area contributed by atoms with E-state index in [4.69, 9.17) is 4.74 Å². The number of carbonyl (C=O) groups excluding carboxylic acids is 2. The Morgan fingerprint density at radius 1 is 0.964 bits per heavy atom. The number of hydrogen-bond acceptors (Lipinski definition) is 4. The zero-order valence-corrected chi connectivity index (χ0v) is 15.1. The van der Waals surface area contributed by atoms with Gasteiger partial charge in [-0.05, 0) is 41.5 Å². The van der Waals surface area contributed by atoms with Gasteiger partial charge in [-0.1, -0.05) is 42.5 Å². The van der Waals surface area contributed by atoms with E-state index in [0.717, 1.165) is 5.56 Å². The van der Waals surface area contributed by atoms with Gasteiger partial charge in [0, 0.05) is 11.3 Å². The Hall–Kier alpha value is -3.67. The molecule has 28 heavy (non-hydrogen) atoms. The number of benzene rings is 3. The molecule has 5 nitrogen and oxygen atoms in total. The number of amides is 1. The molecular formula is C22H18FNO4. The molecule has 0 aliphatic rings. The minimum absolute atomic E-state index is 0.163. The van der Waals surface area contributed by atoms with E-state index >= 15 is 0 Å². The van der Waals surface area contributed by atoms with E-state index in [9.17, 15) is 14.0 Å². The van der Waals surface area contributed by atoms with Crippen molar-refractivity contribution in [3.8, 4) is 11.1 Å². The van der Waals surface area contributed by atoms with Crippen molar-refractivity contribution in [3.05, 3.63) is 89.7 Å². The third-order valence-corrected chi connectivity index (χ3v) is 4.04. The monoisotopic (exact) mass is 379 g/mol. The van der Waals surface area contributed by atoms with Crippen molar-refractivity contribution in [2.24, 2.45) is 0 Å². The first-order chi connectivity index (χ1) is 13.6. The lowest BCUT2D eigenvalue weighted by Gasteiger charge is -2.09. The number of hydrogen-bond donors (Lipinski definition) is 1. The summed E-state index contributed by atoms with van der Waals surface area (Å²) in [6.45, 7) is 0.163. The number of carbonyl (C=O) groups is 2. The number of halogens is 1.